The largest absolute Gasteiger partial charge is 0.354 e. The van der Waals surface area contributed by atoms with E-state index in [1.165, 1.54) is 12.3 Å². The van der Waals surface area contributed by atoms with Crippen molar-refractivity contribution in [3.8, 4) is 0 Å². The summed E-state index contributed by atoms with van der Waals surface area (Å²) in [4.78, 5) is 27.4. The first-order valence-electron chi connectivity index (χ1n) is 8.38. The van der Waals surface area contributed by atoms with Gasteiger partial charge >= 0.3 is 0 Å². The van der Waals surface area contributed by atoms with Crippen LogP contribution in [-0.2, 0) is 0 Å². The lowest BCUT2D eigenvalue weighted by atomic mass is 10.0. The lowest BCUT2D eigenvalue weighted by Crippen LogP contribution is -2.27. The van der Waals surface area contributed by atoms with E-state index in [0.717, 1.165) is 16.6 Å². The number of aryl methyl sites for hydroxylation is 1. The van der Waals surface area contributed by atoms with Crippen LogP contribution >= 0.6 is 0 Å². The summed E-state index contributed by atoms with van der Waals surface area (Å²) in [5, 5.41) is 5.33. The Morgan fingerprint density at radius 3 is 2.36 bits per heavy atom. The molecule has 0 bridgehead atoms. The molecule has 2 aromatic carbocycles. The lowest BCUT2D eigenvalue weighted by molar-refractivity contribution is 0.0934. The molecule has 3 rings (SSSR count). The second kappa shape index (κ2) is 6.55. The van der Waals surface area contributed by atoms with Crippen molar-refractivity contribution >= 4 is 22.5 Å². The number of fused-ring (bicyclic) bond motifs is 1. The maximum absolute atomic E-state index is 12.6. The predicted molar refractivity (Wildman–Crippen MR) is 100 cm³/mol. The van der Waals surface area contributed by atoms with Crippen molar-refractivity contribution in [2.45, 2.75) is 33.7 Å². The van der Waals surface area contributed by atoms with Gasteiger partial charge in [-0.2, -0.15) is 0 Å². The summed E-state index contributed by atoms with van der Waals surface area (Å²) < 4.78 is 0. The van der Waals surface area contributed by atoms with Crippen LogP contribution in [0.4, 0.5) is 0 Å². The maximum Gasteiger partial charge on any atom is 0.268 e. The van der Waals surface area contributed by atoms with Gasteiger partial charge in [0.15, 0.2) is 5.78 Å². The highest BCUT2D eigenvalue weighted by atomic mass is 16.2. The monoisotopic (exact) mass is 334 g/mol. The summed E-state index contributed by atoms with van der Waals surface area (Å²) in [6.07, 6.45) is 0. The van der Waals surface area contributed by atoms with Crippen molar-refractivity contribution in [3.05, 3.63) is 70.5 Å². The molecule has 0 unspecified atom stereocenters. The van der Waals surface area contributed by atoms with Crippen LogP contribution in [0.5, 0.6) is 0 Å². The highest BCUT2D eigenvalue weighted by molar-refractivity contribution is 6.02. The zero-order valence-corrected chi connectivity index (χ0v) is 14.9. The number of hydrogen-bond donors (Lipinski definition) is 2. The van der Waals surface area contributed by atoms with Crippen molar-refractivity contribution in [3.63, 3.8) is 0 Å². The zero-order valence-electron chi connectivity index (χ0n) is 14.9. The molecule has 1 atom stereocenters. The maximum atomic E-state index is 12.6. The van der Waals surface area contributed by atoms with E-state index >= 15 is 0 Å². The van der Waals surface area contributed by atoms with E-state index in [-0.39, 0.29) is 17.7 Å². The van der Waals surface area contributed by atoms with Crippen LogP contribution in [0.15, 0.2) is 42.5 Å². The molecule has 25 heavy (non-hydrogen) atoms. The molecule has 0 aliphatic rings. The Labute approximate surface area is 147 Å². The summed E-state index contributed by atoms with van der Waals surface area (Å²) in [7, 11) is 0. The van der Waals surface area contributed by atoms with E-state index in [0.29, 0.717) is 16.8 Å². The summed E-state index contributed by atoms with van der Waals surface area (Å²) in [5.41, 5.74) is 3.53. The number of H-pyrrole nitrogens is 1. The quantitative estimate of drug-likeness (QED) is 0.691. The standard InChI is InChI=1S/C21H22N2O2/c1-12-19(15(4)24)14(3)22-20(12)21(25)23-13(2)17-10-9-16-7-5-6-8-18(16)11-17/h5-11,13,22H,1-4H3,(H,23,25)/t13-/m0/s1. The van der Waals surface area contributed by atoms with Gasteiger partial charge in [0, 0.05) is 11.3 Å². The fraction of sp³-hybridized carbons (Fsp3) is 0.238. The predicted octanol–water partition coefficient (Wildman–Crippen LogP) is 4.48. The van der Waals surface area contributed by atoms with Gasteiger partial charge in [-0.05, 0) is 55.7 Å². The van der Waals surface area contributed by atoms with Crippen LogP contribution in [0.25, 0.3) is 10.8 Å². The number of amides is 1. The number of hydrogen-bond acceptors (Lipinski definition) is 2. The molecule has 1 heterocycles. The van der Waals surface area contributed by atoms with Crippen LogP contribution in [0.1, 0.15) is 57.6 Å². The van der Waals surface area contributed by atoms with Gasteiger partial charge in [-0.3, -0.25) is 9.59 Å². The van der Waals surface area contributed by atoms with Crippen LogP contribution in [0.3, 0.4) is 0 Å². The average Bonchev–Trinajstić information content (AvgIpc) is 2.89. The lowest BCUT2D eigenvalue weighted by Gasteiger charge is -2.15. The van der Waals surface area contributed by atoms with Gasteiger partial charge in [0.2, 0.25) is 0 Å². The first kappa shape index (κ1) is 17.0. The van der Waals surface area contributed by atoms with Crippen molar-refractivity contribution in [1.29, 1.82) is 0 Å². The molecule has 0 fully saturated rings. The van der Waals surface area contributed by atoms with E-state index < -0.39 is 0 Å². The average molecular weight is 334 g/mol. The Morgan fingerprint density at radius 1 is 1.04 bits per heavy atom. The second-order valence-electron chi connectivity index (χ2n) is 6.48. The molecular weight excluding hydrogens is 312 g/mol. The first-order chi connectivity index (χ1) is 11.9. The zero-order chi connectivity index (χ0) is 18.1. The number of aromatic amines is 1. The molecule has 0 spiro atoms. The van der Waals surface area contributed by atoms with Crippen molar-refractivity contribution in [1.82, 2.24) is 10.3 Å². The Morgan fingerprint density at radius 2 is 1.72 bits per heavy atom. The van der Waals surface area contributed by atoms with Crippen molar-refractivity contribution < 1.29 is 9.59 Å². The molecule has 0 saturated carbocycles. The number of aromatic nitrogens is 1. The Bertz CT molecular complexity index is 969. The molecule has 0 aliphatic heterocycles. The Kier molecular flexibility index (Phi) is 4.45. The van der Waals surface area contributed by atoms with Gasteiger partial charge < -0.3 is 10.3 Å². The summed E-state index contributed by atoms with van der Waals surface area (Å²) >= 11 is 0. The number of rotatable bonds is 4. The third-order valence-electron chi connectivity index (χ3n) is 4.64. The fourth-order valence-electron chi connectivity index (χ4n) is 3.33. The van der Waals surface area contributed by atoms with Crippen LogP contribution in [0.2, 0.25) is 0 Å². The second-order valence-corrected chi connectivity index (χ2v) is 6.48. The molecule has 4 heteroatoms. The van der Waals surface area contributed by atoms with E-state index in [1.54, 1.807) is 6.92 Å². The molecule has 3 aromatic rings. The smallest absolute Gasteiger partial charge is 0.268 e. The minimum absolute atomic E-state index is 0.0344. The van der Waals surface area contributed by atoms with E-state index in [1.807, 2.05) is 32.0 Å². The fourth-order valence-corrected chi connectivity index (χ4v) is 3.33. The summed E-state index contributed by atoms with van der Waals surface area (Å²) in [6, 6.07) is 14.2. The summed E-state index contributed by atoms with van der Waals surface area (Å²) in [5.74, 6) is -0.235. The number of benzene rings is 2. The van der Waals surface area contributed by atoms with Gasteiger partial charge in [-0.15, -0.1) is 0 Å². The first-order valence-corrected chi connectivity index (χ1v) is 8.38. The van der Waals surface area contributed by atoms with Gasteiger partial charge in [-0.25, -0.2) is 0 Å². The number of nitrogens with one attached hydrogen (secondary N) is 2. The van der Waals surface area contributed by atoms with Crippen molar-refractivity contribution in [2.24, 2.45) is 0 Å². The Balaban J connectivity index is 1.84. The topological polar surface area (TPSA) is 62.0 Å². The molecule has 0 radical (unpaired) electrons. The molecule has 2 N–H and O–H groups in total. The third-order valence-corrected chi connectivity index (χ3v) is 4.64. The number of ketones is 1. The van der Waals surface area contributed by atoms with Crippen LogP contribution < -0.4 is 5.32 Å². The van der Waals surface area contributed by atoms with Gasteiger partial charge in [0.05, 0.1) is 6.04 Å². The highest BCUT2D eigenvalue weighted by Crippen LogP contribution is 2.22. The normalized spacial score (nSPS) is 12.2. The molecule has 1 amide bonds. The molecule has 1 aromatic heterocycles. The SMILES string of the molecule is CC(=O)c1c(C)[nH]c(C(=O)N[C@@H](C)c2ccc3ccccc3c2)c1C. The molecule has 128 valence electrons. The number of Topliss-reactive ketones (excluding diaryl/α,β-unsaturated/α-hetero) is 1. The number of carbonyl (C=O) groups is 2. The number of carbonyl (C=O) groups excluding carboxylic acids is 2. The van der Waals surface area contributed by atoms with E-state index in [9.17, 15) is 9.59 Å². The third kappa shape index (κ3) is 3.20. The molecule has 0 aliphatic carbocycles. The van der Waals surface area contributed by atoms with Gasteiger partial charge in [-0.1, -0.05) is 36.4 Å². The van der Waals surface area contributed by atoms with E-state index in [4.69, 9.17) is 0 Å². The molecular formula is C21H22N2O2. The minimum atomic E-state index is -0.200. The van der Waals surface area contributed by atoms with E-state index in [2.05, 4.69) is 34.6 Å². The van der Waals surface area contributed by atoms with Gasteiger partial charge in [0.1, 0.15) is 5.69 Å². The minimum Gasteiger partial charge on any atom is -0.354 e. The van der Waals surface area contributed by atoms with Crippen LogP contribution in [-0.4, -0.2) is 16.7 Å². The van der Waals surface area contributed by atoms with Gasteiger partial charge in [0.25, 0.3) is 5.91 Å². The highest BCUT2D eigenvalue weighted by Gasteiger charge is 2.21. The van der Waals surface area contributed by atoms with Crippen LogP contribution in [0, 0.1) is 13.8 Å². The van der Waals surface area contributed by atoms with Crippen molar-refractivity contribution in [2.75, 3.05) is 0 Å². The molecule has 0 saturated heterocycles. The molecule has 4 nitrogen and oxygen atoms in total. The summed E-state index contributed by atoms with van der Waals surface area (Å²) in [6.45, 7) is 7.09. The Hall–Kier alpha value is -2.88.